The fourth-order valence-electron chi connectivity index (χ4n) is 0.858. The Morgan fingerprint density at radius 3 is 2.47 bits per heavy atom. The molecule has 0 spiro atoms. The van der Waals surface area contributed by atoms with Crippen LogP contribution in [0.4, 0.5) is 5.69 Å². The topological polar surface area (TPSA) is 41.5 Å². The molecule has 1 aromatic carbocycles. The molecular weight excluding hydrogens is 232 g/mol. The molecule has 0 amide bonds. The first kappa shape index (κ1) is 12.1. The van der Waals surface area contributed by atoms with Gasteiger partial charge < -0.3 is 0 Å². The van der Waals surface area contributed by atoms with E-state index >= 15 is 0 Å². The number of anilines is 1. The monoisotopic (exact) mass is 242 g/mol. The Morgan fingerprint density at radius 2 is 2.00 bits per heavy atom. The van der Waals surface area contributed by atoms with Crippen LogP contribution in [0.15, 0.2) is 34.3 Å². The van der Waals surface area contributed by atoms with Crippen molar-refractivity contribution in [3.63, 3.8) is 0 Å². The van der Waals surface area contributed by atoms with Crippen LogP contribution in [0, 0.1) is 0 Å². The van der Waals surface area contributed by atoms with Crippen LogP contribution >= 0.6 is 23.4 Å². The summed E-state index contributed by atoms with van der Waals surface area (Å²) in [6.07, 6.45) is 2.01. The molecule has 0 unspecified atom stereocenters. The highest BCUT2D eigenvalue weighted by Crippen LogP contribution is 2.17. The Balaban J connectivity index is 2.66. The highest BCUT2D eigenvalue weighted by atomic mass is 35.5. The van der Waals surface area contributed by atoms with E-state index in [9.17, 15) is 4.79 Å². The van der Waals surface area contributed by atoms with E-state index in [0.29, 0.717) is 0 Å². The molecule has 0 bridgehead atoms. The Hall–Kier alpha value is -1.00. The molecule has 1 N–H and O–H groups in total. The lowest BCUT2D eigenvalue weighted by atomic mass is 10.3. The second-order valence-electron chi connectivity index (χ2n) is 2.80. The summed E-state index contributed by atoms with van der Waals surface area (Å²) in [6, 6.07) is 7.67. The molecule has 0 aromatic heterocycles. The normalized spacial score (nSPS) is 11.3. The Kier molecular flexibility index (Phi) is 4.65. The number of ketones is 1. The van der Waals surface area contributed by atoms with Gasteiger partial charge in [0.1, 0.15) is 0 Å². The zero-order chi connectivity index (χ0) is 11.3. The zero-order valence-electron chi connectivity index (χ0n) is 8.45. The lowest BCUT2D eigenvalue weighted by Gasteiger charge is -2.01. The molecule has 0 saturated carbocycles. The third-order valence-corrected chi connectivity index (χ3v) is 2.76. The van der Waals surface area contributed by atoms with Gasteiger partial charge in [-0.2, -0.15) is 5.10 Å². The van der Waals surface area contributed by atoms with Crippen molar-refractivity contribution >= 4 is 40.0 Å². The van der Waals surface area contributed by atoms with Gasteiger partial charge in [-0.1, -0.05) is 11.6 Å². The van der Waals surface area contributed by atoms with Crippen LogP contribution in [-0.2, 0) is 4.79 Å². The molecule has 0 aliphatic rings. The first-order valence-corrected chi connectivity index (χ1v) is 5.88. The fourth-order valence-corrected chi connectivity index (χ4v) is 1.31. The van der Waals surface area contributed by atoms with Crippen LogP contribution in [0.5, 0.6) is 0 Å². The van der Waals surface area contributed by atoms with Crippen molar-refractivity contribution in [3.05, 3.63) is 24.3 Å². The van der Waals surface area contributed by atoms with Gasteiger partial charge in [0.25, 0.3) is 0 Å². The maximum absolute atomic E-state index is 10.8. The quantitative estimate of drug-likeness (QED) is 0.501. The van der Waals surface area contributed by atoms with Crippen molar-refractivity contribution in [1.29, 1.82) is 0 Å². The molecule has 1 aromatic rings. The Bertz CT molecular complexity index is 376. The van der Waals surface area contributed by atoms with Gasteiger partial charge in [-0.15, -0.1) is 11.8 Å². The number of benzene rings is 1. The van der Waals surface area contributed by atoms with Crippen LogP contribution < -0.4 is 5.43 Å². The highest BCUT2D eigenvalue weighted by Gasteiger charge is 1.99. The average molecular weight is 243 g/mol. The fraction of sp³-hybridized carbons (Fsp3) is 0.200. The van der Waals surface area contributed by atoms with Crippen molar-refractivity contribution in [3.8, 4) is 0 Å². The van der Waals surface area contributed by atoms with Gasteiger partial charge in [0.15, 0.2) is 11.0 Å². The molecule has 80 valence electrons. The van der Waals surface area contributed by atoms with Gasteiger partial charge in [-0.25, -0.2) is 0 Å². The largest absolute Gasteiger partial charge is 0.292 e. The van der Waals surface area contributed by atoms with Crippen LogP contribution in [0.25, 0.3) is 0 Å². The molecule has 0 fully saturated rings. The number of Topliss-reactive ketones (excluding diaryl/α,β-unsaturated/α-hetero) is 1. The first-order valence-electron chi connectivity index (χ1n) is 4.27. The predicted molar refractivity (Wildman–Crippen MR) is 65.8 cm³/mol. The summed E-state index contributed by atoms with van der Waals surface area (Å²) >= 11 is 7.22. The van der Waals surface area contributed by atoms with E-state index in [1.54, 1.807) is 11.8 Å². The van der Waals surface area contributed by atoms with Gasteiger partial charge in [0.05, 0.1) is 5.69 Å². The molecule has 0 aliphatic carbocycles. The smallest absolute Gasteiger partial charge is 0.191 e. The van der Waals surface area contributed by atoms with Crippen molar-refractivity contribution in [2.45, 2.75) is 11.8 Å². The lowest BCUT2D eigenvalue weighted by molar-refractivity contribution is -0.110. The highest BCUT2D eigenvalue weighted by molar-refractivity contribution is 7.98. The number of carbonyl (C=O) groups is 1. The molecule has 1 rings (SSSR count). The van der Waals surface area contributed by atoms with Crippen molar-refractivity contribution in [2.75, 3.05) is 11.7 Å². The second-order valence-corrected chi connectivity index (χ2v) is 4.04. The minimum absolute atomic E-state index is 0.0519. The minimum atomic E-state index is -0.259. The van der Waals surface area contributed by atoms with Gasteiger partial charge in [-0.05, 0) is 30.5 Å². The van der Waals surface area contributed by atoms with E-state index < -0.39 is 0 Å². The Labute approximate surface area is 97.9 Å². The number of hydrogen-bond donors (Lipinski definition) is 1. The number of thioether (sulfide) groups is 1. The van der Waals surface area contributed by atoms with Crippen LogP contribution in [0.1, 0.15) is 6.92 Å². The molecular formula is C10H11ClN2OS. The van der Waals surface area contributed by atoms with E-state index in [-0.39, 0.29) is 11.0 Å². The third-order valence-electron chi connectivity index (χ3n) is 1.66. The number of carbonyl (C=O) groups excluding carboxylic acids is 1. The molecule has 0 atom stereocenters. The van der Waals surface area contributed by atoms with Crippen LogP contribution in [-0.4, -0.2) is 17.2 Å². The van der Waals surface area contributed by atoms with Gasteiger partial charge in [0, 0.05) is 11.8 Å². The summed E-state index contributed by atoms with van der Waals surface area (Å²) in [5.41, 5.74) is 3.50. The molecule has 0 heterocycles. The number of rotatable bonds is 4. The van der Waals surface area contributed by atoms with Crippen LogP contribution in [0.3, 0.4) is 0 Å². The third kappa shape index (κ3) is 3.93. The maximum atomic E-state index is 10.8. The summed E-state index contributed by atoms with van der Waals surface area (Å²) < 4.78 is 0. The molecule has 15 heavy (non-hydrogen) atoms. The van der Waals surface area contributed by atoms with Crippen molar-refractivity contribution in [2.24, 2.45) is 5.10 Å². The summed E-state index contributed by atoms with van der Waals surface area (Å²) in [4.78, 5) is 11.9. The van der Waals surface area contributed by atoms with Crippen LogP contribution in [0.2, 0.25) is 0 Å². The molecule has 0 radical (unpaired) electrons. The number of nitrogens with one attached hydrogen (secondary N) is 1. The van der Waals surface area contributed by atoms with Gasteiger partial charge in [0.2, 0.25) is 0 Å². The standard InChI is InChI=1S/C10H11ClN2OS/c1-7(14)10(11)13-12-8-3-5-9(15-2)6-4-8/h3-6,12H,1-2H3/b13-10+. The SMILES string of the molecule is CSc1ccc(N/N=C(/Cl)C(C)=O)cc1. The van der Waals surface area contributed by atoms with E-state index in [1.165, 1.54) is 11.8 Å². The van der Waals surface area contributed by atoms with Gasteiger partial charge in [-0.3, -0.25) is 10.2 Å². The summed E-state index contributed by atoms with van der Waals surface area (Å²) in [6.45, 7) is 1.37. The van der Waals surface area contributed by atoms with Crippen molar-refractivity contribution in [1.82, 2.24) is 0 Å². The number of nitrogens with zero attached hydrogens (tertiary/aromatic N) is 1. The maximum Gasteiger partial charge on any atom is 0.191 e. The summed E-state index contributed by atoms with van der Waals surface area (Å²) in [7, 11) is 0. The average Bonchev–Trinajstić information content (AvgIpc) is 2.26. The molecule has 3 nitrogen and oxygen atoms in total. The number of halogens is 1. The predicted octanol–water partition coefficient (Wildman–Crippen LogP) is 2.96. The number of hydrogen-bond acceptors (Lipinski definition) is 4. The van der Waals surface area contributed by atoms with Gasteiger partial charge >= 0.3 is 0 Å². The molecule has 5 heteroatoms. The minimum Gasteiger partial charge on any atom is -0.292 e. The first-order chi connectivity index (χ1) is 7.13. The van der Waals surface area contributed by atoms with E-state index in [2.05, 4.69) is 10.5 Å². The molecule has 0 saturated heterocycles. The van der Waals surface area contributed by atoms with E-state index in [4.69, 9.17) is 11.6 Å². The second kappa shape index (κ2) is 5.78. The number of hydrazone groups is 1. The van der Waals surface area contributed by atoms with E-state index in [1.807, 2.05) is 30.5 Å². The summed E-state index contributed by atoms with van der Waals surface area (Å²) in [5.74, 6) is -0.259. The summed E-state index contributed by atoms with van der Waals surface area (Å²) in [5, 5.41) is 3.67. The zero-order valence-corrected chi connectivity index (χ0v) is 10.0. The molecule has 0 aliphatic heterocycles. The Morgan fingerprint density at radius 1 is 1.40 bits per heavy atom. The van der Waals surface area contributed by atoms with Crippen molar-refractivity contribution < 1.29 is 4.79 Å². The lowest BCUT2D eigenvalue weighted by Crippen LogP contribution is -2.04. The van der Waals surface area contributed by atoms with E-state index in [0.717, 1.165) is 5.69 Å².